The lowest BCUT2D eigenvalue weighted by molar-refractivity contribution is 0.199. The molecule has 0 aliphatic carbocycles. The lowest BCUT2D eigenvalue weighted by Gasteiger charge is -2.32. The average molecular weight is 390 g/mol. The maximum absolute atomic E-state index is 12.2. The fourth-order valence-corrected chi connectivity index (χ4v) is 3.97. The molecular weight excluding hydrogens is 364 g/mol. The van der Waals surface area contributed by atoms with Gasteiger partial charge in [0.2, 0.25) is 0 Å². The average Bonchev–Trinajstić information content (AvgIpc) is 2.75. The summed E-state index contributed by atoms with van der Waals surface area (Å²) in [5.41, 5.74) is 3.90. The number of nitrogens with one attached hydrogen (secondary N) is 1. The monoisotopic (exact) mass is 390 g/mol. The van der Waals surface area contributed by atoms with Gasteiger partial charge in [0.05, 0.1) is 12.8 Å². The number of likely N-dealkylation sites (tertiary alicyclic amines) is 1. The van der Waals surface area contributed by atoms with E-state index in [-0.39, 0.29) is 11.5 Å². The molecule has 0 radical (unpaired) electrons. The van der Waals surface area contributed by atoms with Crippen LogP contribution in [0.2, 0.25) is 0 Å². The number of aromatic amines is 1. The number of ether oxygens (including phenoxy) is 1. The number of hydrogen-bond acceptors (Lipinski definition) is 5. The van der Waals surface area contributed by atoms with E-state index in [1.165, 1.54) is 11.1 Å². The van der Waals surface area contributed by atoms with Crippen LogP contribution in [0.5, 0.6) is 5.75 Å². The van der Waals surface area contributed by atoms with E-state index in [0.29, 0.717) is 5.69 Å². The molecule has 1 saturated heterocycles. The summed E-state index contributed by atoms with van der Waals surface area (Å²) in [5, 5.41) is 0. The maximum Gasteiger partial charge on any atom is 0.251 e. The summed E-state index contributed by atoms with van der Waals surface area (Å²) in [6, 6.07) is 11.6. The molecule has 6 heteroatoms. The molecular formula is C23H26N4O2. The third-order valence-corrected chi connectivity index (χ3v) is 5.52. The number of hydrogen-bond donors (Lipinski definition) is 1. The zero-order valence-corrected chi connectivity index (χ0v) is 16.9. The lowest BCUT2D eigenvalue weighted by Crippen LogP contribution is -2.33. The highest BCUT2D eigenvalue weighted by Crippen LogP contribution is 2.29. The Hall–Kier alpha value is -2.99. The second-order valence-electron chi connectivity index (χ2n) is 7.62. The molecule has 29 heavy (non-hydrogen) atoms. The molecule has 0 spiro atoms. The molecule has 4 rings (SSSR count). The second kappa shape index (κ2) is 8.57. The predicted octanol–water partition coefficient (Wildman–Crippen LogP) is 3.53. The quantitative estimate of drug-likeness (QED) is 0.722. The van der Waals surface area contributed by atoms with Gasteiger partial charge in [-0.15, -0.1) is 0 Å². The van der Waals surface area contributed by atoms with E-state index in [9.17, 15) is 4.79 Å². The van der Waals surface area contributed by atoms with Gasteiger partial charge in [-0.25, -0.2) is 4.98 Å². The van der Waals surface area contributed by atoms with Gasteiger partial charge in [0.15, 0.2) is 0 Å². The van der Waals surface area contributed by atoms with Crippen molar-refractivity contribution < 1.29 is 4.74 Å². The van der Waals surface area contributed by atoms with Gasteiger partial charge in [-0.05, 0) is 51.1 Å². The molecule has 3 aromatic rings. The number of aromatic nitrogens is 3. The van der Waals surface area contributed by atoms with Crippen LogP contribution in [0.3, 0.4) is 0 Å². The molecule has 0 atom stereocenters. The first kappa shape index (κ1) is 19.3. The van der Waals surface area contributed by atoms with Gasteiger partial charge < -0.3 is 9.72 Å². The van der Waals surface area contributed by atoms with Gasteiger partial charge in [0.25, 0.3) is 5.56 Å². The Bertz CT molecular complexity index is 1020. The number of pyridine rings is 1. The molecule has 1 N–H and O–H groups in total. The number of H-pyrrole nitrogens is 1. The van der Waals surface area contributed by atoms with Gasteiger partial charge >= 0.3 is 0 Å². The second-order valence-corrected chi connectivity index (χ2v) is 7.62. The summed E-state index contributed by atoms with van der Waals surface area (Å²) < 4.78 is 5.52. The molecule has 1 fully saturated rings. The summed E-state index contributed by atoms with van der Waals surface area (Å²) in [6.07, 6.45) is 5.39. The Morgan fingerprint density at radius 1 is 1.21 bits per heavy atom. The zero-order chi connectivity index (χ0) is 20.2. The van der Waals surface area contributed by atoms with Crippen molar-refractivity contribution in [3.63, 3.8) is 0 Å². The molecule has 150 valence electrons. The Kier molecular flexibility index (Phi) is 5.71. The van der Waals surface area contributed by atoms with E-state index >= 15 is 0 Å². The minimum Gasteiger partial charge on any atom is -0.496 e. The van der Waals surface area contributed by atoms with Crippen molar-refractivity contribution in [3.05, 3.63) is 76.1 Å². The van der Waals surface area contributed by atoms with Crippen LogP contribution in [0.25, 0.3) is 11.3 Å². The van der Waals surface area contributed by atoms with Crippen LogP contribution in [0, 0.1) is 6.92 Å². The van der Waals surface area contributed by atoms with Crippen LogP contribution in [-0.4, -0.2) is 40.1 Å². The van der Waals surface area contributed by atoms with Crippen LogP contribution >= 0.6 is 0 Å². The van der Waals surface area contributed by atoms with Crippen LogP contribution < -0.4 is 10.3 Å². The number of piperidine rings is 1. The molecule has 6 nitrogen and oxygen atoms in total. The molecule has 1 aliphatic rings. The SMILES string of the molecule is COc1ccc(C)cc1CN1CCC(c2nc(-c3cccnc3)cc(=O)[nH]2)CC1. The topological polar surface area (TPSA) is 71.1 Å². The molecule has 1 aromatic carbocycles. The van der Waals surface area contributed by atoms with Crippen LogP contribution in [-0.2, 0) is 6.54 Å². The van der Waals surface area contributed by atoms with E-state index in [0.717, 1.165) is 49.6 Å². The molecule has 3 heterocycles. The lowest BCUT2D eigenvalue weighted by atomic mass is 9.95. The number of aryl methyl sites for hydroxylation is 1. The van der Waals surface area contributed by atoms with Crippen molar-refractivity contribution in [2.24, 2.45) is 0 Å². The van der Waals surface area contributed by atoms with Gasteiger partial charge in [0, 0.05) is 42.0 Å². The highest BCUT2D eigenvalue weighted by Gasteiger charge is 2.23. The zero-order valence-electron chi connectivity index (χ0n) is 16.9. The summed E-state index contributed by atoms with van der Waals surface area (Å²) in [5.74, 6) is 1.98. The number of nitrogens with zero attached hydrogens (tertiary/aromatic N) is 3. The van der Waals surface area contributed by atoms with Crippen molar-refractivity contribution >= 4 is 0 Å². The third-order valence-electron chi connectivity index (χ3n) is 5.52. The number of rotatable bonds is 5. The van der Waals surface area contributed by atoms with E-state index < -0.39 is 0 Å². The minimum atomic E-state index is -0.110. The highest BCUT2D eigenvalue weighted by atomic mass is 16.5. The van der Waals surface area contributed by atoms with Gasteiger partial charge in [0.1, 0.15) is 11.6 Å². The molecule has 1 aliphatic heterocycles. The van der Waals surface area contributed by atoms with E-state index in [1.54, 1.807) is 25.6 Å². The van der Waals surface area contributed by atoms with Crippen molar-refractivity contribution in [2.75, 3.05) is 20.2 Å². The van der Waals surface area contributed by atoms with Crippen molar-refractivity contribution in [3.8, 4) is 17.0 Å². The molecule has 0 bridgehead atoms. The maximum atomic E-state index is 12.2. The molecule has 0 amide bonds. The van der Waals surface area contributed by atoms with E-state index in [1.807, 2.05) is 18.2 Å². The van der Waals surface area contributed by atoms with Crippen molar-refractivity contribution in [2.45, 2.75) is 32.2 Å². The fourth-order valence-electron chi connectivity index (χ4n) is 3.97. The Balaban J connectivity index is 1.46. The summed E-state index contributed by atoms with van der Waals surface area (Å²) in [4.78, 5) is 26.5. The Labute approximate surface area is 170 Å². The minimum absolute atomic E-state index is 0.110. The summed E-state index contributed by atoms with van der Waals surface area (Å²) >= 11 is 0. The Morgan fingerprint density at radius 3 is 2.76 bits per heavy atom. The van der Waals surface area contributed by atoms with Gasteiger partial charge in [-0.2, -0.15) is 0 Å². The number of methoxy groups -OCH3 is 1. The van der Waals surface area contributed by atoms with Crippen LogP contribution in [0.1, 0.15) is 35.7 Å². The largest absolute Gasteiger partial charge is 0.496 e. The van der Waals surface area contributed by atoms with Crippen LogP contribution in [0.15, 0.2) is 53.6 Å². The van der Waals surface area contributed by atoms with Crippen molar-refractivity contribution in [1.82, 2.24) is 19.9 Å². The predicted molar refractivity (Wildman–Crippen MR) is 113 cm³/mol. The highest BCUT2D eigenvalue weighted by molar-refractivity contribution is 5.56. The molecule has 0 unspecified atom stereocenters. The normalized spacial score (nSPS) is 15.4. The Morgan fingerprint density at radius 2 is 2.03 bits per heavy atom. The smallest absolute Gasteiger partial charge is 0.251 e. The standard InChI is InChI=1S/C23H26N4O2/c1-16-5-6-21(29-2)19(12-16)15-27-10-7-17(8-11-27)23-25-20(13-22(28)26-23)18-4-3-9-24-14-18/h3-6,9,12-14,17H,7-8,10-11,15H2,1-2H3,(H,25,26,28). The third kappa shape index (κ3) is 4.54. The van der Waals surface area contributed by atoms with E-state index in [4.69, 9.17) is 9.72 Å². The molecule has 2 aromatic heterocycles. The first-order valence-corrected chi connectivity index (χ1v) is 10.00. The molecule has 0 saturated carbocycles. The van der Waals surface area contributed by atoms with E-state index in [2.05, 4.69) is 33.9 Å². The number of benzene rings is 1. The van der Waals surface area contributed by atoms with Gasteiger partial charge in [-0.3, -0.25) is 14.7 Å². The van der Waals surface area contributed by atoms with Crippen molar-refractivity contribution in [1.29, 1.82) is 0 Å². The summed E-state index contributed by atoms with van der Waals surface area (Å²) in [7, 11) is 1.72. The van der Waals surface area contributed by atoms with Gasteiger partial charge in [-0.1, -0.05) is 17.7 Å². The fraction of sp³-hybridized carbons (Fsp3) is 0.348. The van der Waals surface area contributed by atoms with Crippen LogP contribution in [0.4, 0.5) is 0 Å². The first-order chi connectivity index (χ1) is 14.1. The summed E-state index contributed by atoms with van der Waals surface area (Å²) in [6.45, 7) is 4.90. The first-order valence-electron chi connectivity index (χ1n) is 10.00.